The predicted octanol–water partition coefficient (Wildman–Crippen LogP) is 5.65. The molecular formula is C19H34N2. The molecule has 2 heteroatoms. The Bertz CT molecular complexity index is 324. The average molecular weight is 290 g/mol. The van der Waals surface area contributed by atoms with Crippen LogP contribution in [0.4, 0.5) is 0 Å². The second-order valence-electron chi connectivity index (χ2n) is 6.10. The van der Waals surface area contributed by atoms with Gasteiger partial charge in [0.15, 0.2) is 0 Å². The number of pyridine rings is 1. The normalized spacial score (nSPS) is 12.5. The largest absolute Gasteiger partial charge is 0.313 e. The lowest BCUT2D eigenvalue weighted by Crippen LogP contribution is -2.16. The lowest BCUT2D eigenvalue weighted by Gasteiger charge is -2.15. The Balaban J connectivity index is 1.98. The average Bonchev–Trinajstić information content (AvgIpc) is 2.54. The molecule has 0 saturated carbocycles. The second kappa shape index (κ2) is 12.8. The highest BCUT2D eigenvalue weighted by atomic mass is 14.9. The molecule has 1 aromatic heterocycles. The Kier molecular flexibility index (Phi) is 11.1. The van der Waals surface area contributed by atoms with Gasteiger partial charge in [-0.1, -0.05) is 77.2 Å². The molecular weight excluding hydrogens is 256 g/mol. The Morgan fingerprint density at radius 1 is 0.952 bits per heavy atom. The summed E-state index contributed by atoms with van der Waals surface area (Å²) in [6.45, 7) is 2.28. The summed E-state index contributed by atoms with van der Waals surface area (Å²) in [5, 5.41) is 3.41. The molecule has 0 radical (unpaired) electrons. The fraction of sp³-hybridized carbons (Fsp3) is 0.737. The van der Waals surface area contributed by atoms with Crippen LogP contribution in [0.25, 0.3) is 0 Å². The first-order chi connectivity index (χ1) is 10.4. The minimum absolute atomic E-state index is 0.466. The fourth-order valence-electron chi connectivity index (χ4n) is 2.90. The van der Waals surface area contributed by atoms with Crippen molar-refractivity contribution >= 4 is 0 Å². The van der Waals surface area contributed by atoms with Crippen LogP contribution >= 0.6 is 0 Å². The van der Waals surface area contributed by atoms with E-state index in [0.717, 1.165) is 0 Å². The van der Waals surface area contributed by atoms with E-state index in [0.29, 0.717) is 6.04 Å². The van der Waals surface area contributed by atoms with Crippen LogP contribution in [0.5, 0.6) is 0 Å². The van der Waals surface area contributed by atoms with Crippen molar-refractivity contribution < 1.29 is 0 Å². The number of nitrogens with one attached hydrogen (secondary N) is 1. The van der Waals surface area contributed by atoms with E-state index in [1.807, 2.05) is 25.5 Å². The fourth-order valence-corrected chi connectivity index (χ4v) is 2.90. The molecule has 0 fully saturated rings. The SMILES string of the molecule is CCCCCCCCCCCCC(NC)c1cccnc1. The van der Waals surface area contributed by atoms with Crippen molar-refractivity contribution in [2.75, 3.05) is 7.05 Å². The molecule has 0 amide bonds. The standard InChI is InChI=1S/C19H34N2/c1-3-4-5-6-7-8-9-10-11-12-15-19(20-2)18-14-13-16-21-17-18/h13-14,16-17,19-20H,3-12,15H2,1-2H3. The molecule has 0 saturated heterocycles. The van der Waals surface area contributed by atoms with Crippen molar-refractivity contribution in [2.24, 2.45) is 0 Å². The number of unbranched alkanes of at least 4 members (excludes halogenated alkanes) is 9. The maximum Gasteiger partial charge on any atom is 0.0332 e. The van der Waals surface area contributed by atoms with Crippen LogP contribution < -0.4 is 5.32 Å². The third-order valence-corrected chi connectivity index (χ3v) is 4.28. The van der Waals surface area contributed by atoms with Gasteiger partial charge in [0.25, 0.3) is 0 Å². The van der Waals surface area contributed by atoms with Crippen molar-refractivity contribution in [1.82, 2.24) is 10.3 Å². The van der Waals surface area contributed by atoms with E-state index in [-0.39, 0.29) is 0 Å². The Morgan fingerprint density at radius 2 is 1.57 bits per heavy atom. The number of nitrogens with zero attached hydrogens (tertiary/aromatic N) is 1. The van der Waals surface area contributed by atoms with Gasteiger partial charge in [0, 0.05) is 18.4 Å². The molecule has 0 aliphatic carbocycles. The van der Waals surface area contributed by atoms with E-state index in [1.165, 1.54) is 76.2 Å². The molecule has 1 heterocycles. The van der Waals surface area contributed by atoms with Gasteiger partial charge in [-0.15, -0.1) is 0 Å². The Hall–Kier alpha value is -0.890. The molecule has 2 nitrogen and oxygen atoms in total. The molecule has 1 N–H and O–H groups in total. The van der Waals surface area contributed by atoms with Crippen LogP contribution in [0.15, 0.2) is 24.5 Å². The molecule has 0 spiro atoms. The summed E-state index contributed by atoms with van der Waals surface area (Å²) in [6.07, 6.45) is 19.1. The molecule has 0 bridgehead atoms. The van der Waals surface area contributed by atoms with Crippen LogP contribution in [-0.2, 0) is 0 Å². The van der Waals surface area contributed by atoms with E-state index in [1.54, 1.807) is 0 Å². The monoisotopic (exact) mass is 290 g/mol. The van der Waals surface area contributed by atoms with Gasteiger partial charge in [-0.2, -0.15) is 0 Å². The number of rotatable bonds is 13. The van der Waals surface area contributed by atoms with Gasteiger partial charge in [-0.25, -0.2) is 0 Å². The number of hydrogen-bond donors (Lipinski definition) is 1. The van der Waals surface area contributed by atoms with E-state index in [2.05, 4.69) is 23.3 Å². The van der Waals surface area contributed by atoms with Crippen LogP contribution in [0, 0.1) is 0 Å². The number of aromatic nitrogens is 1. The zero-order valence-electron chi connectivity index (χ0n) is 14.1. The second-order valence-corrected chi connectivity index (χ2v) is 6.10. The summed E-state index contributed by atoms with van der Waals surface area (Å²) in [7, 11) is 2.05. The highest BCUT2D eigenvalue weighted by Crippen LogP contribution is 2.19. The van der Waals surface area contributed by atoms with Gasteiger partial charge in [0.1, 0.15) is 0 Å². The third-order valence-electron chi connectivity index (χ3n) is 4.28. The van der Waals surface area contributed by atoms with Gasteiger partial charge < -0.3 is 5.32 Å². The summed E-state index contributed by atoms with van der Waals surface area (Å²) < 4.78 is 0. The molecule has 0 aliphatic rings. The van der Waals surface area contributed by atoms with E-state index in [4.69, 9.17) is 0 Å². The summed E-state index contributed by atoms with van der Waals surface area (Å²) in [4.78, 5) is 4.21. The smallest absolute Gasteiger partial charge is 0.0332 e. The molecule has 1 aromatic rings. The van der Waals surface area contributed by atoms with Gasteiger partial charge in [0.05, 0.1) is 0 Å². The molecule has 1 rings (SSSR count). The van der Waals surface area contributed by atoms with Crippen LogP contribution in [0.3, 0.4) is 0 Å². The Labute approximate surface area is 131 Å². The van der Waals surface area contributed by atoms with Gasteiger partial charge in [-0.05, 0) is 25.1 Å². The van der Waals surface area contributed by atoms with E-state index in [9.17, 15) is 0 Å². The summed E-state index contributed by atoms with van der Waals surface area (Å²) in [5.74, 6) is 0. The minimum Gasteiger partial charge on any atom is -0.313 e. The molecule has 120 valence electrons. The summed E-state index contributed by atoms with van der Waals surface area (Å²) in [5.41, 5.74) is 1.32. The Morgan fingerprint density at radius 3 is 2.10 bits per heavy atom. The highest BCUT2D eigenvalue weighted by Gasteiger charge is 2.08. The van der Waals surface area contributed by atoms with Crippen LogP contribution in [0.2, 0.25) is 0 Å². The molecule has 1 unspecified atom stereocenters. The first-order valence-corrected chi connectivity index (χ1v) is 8.95. The van der Waals surface area contributed by atoms with Crippen molar-refractivity contribution in [3.8, 4) is 0 Å². The molecule has 1 atom stereocenters. The number of hydrogen-bond acceptors (Lipinski definition) is 2. The third kappa shape index (κ3) is 8.87. The molecule has 0 aromatic carbocycles. The van der Waals surface area contributed by atoms with Crippen LogP contribution in [-0.4, -0.2) is 12.0 Å². The molecule has 21 heavy (non-hydrogen) atoms. The first kappa shape index (κ1) is 18.2. The van der Waals surface area contributed by atoms with Gasteiger partial charge in [-0.3, -0.25) is 4.98 Å². The van der Waals surface area contributed by atoms with Crippen molar-refractivity contribution in [2.45, 2.75) is 83.6 Å². The van der Waals surface area contributed by atoms with Crippen LogP contribution in [0.1, 0.15) is 89.2 Å². The topological polar surface area (TPSA) is 24.9 Å². The predicted molar refractivity (Wildman–Crippen MR) is 92.5 cm³/mol. The zero-order chi connectivity index (χ0) is 15.2. The molecule has 0 aliphatic heterocycles. The van der Waals surface area contributed by atoms with Crippen molar-refractivity contribution in [3.05, 3.63) is 30.1 Å². The van der Waals surface area contributed by atoms with E-state index >= 15 is 0 Å². The van der Waals surface area contributed by atoms with Crippen molar-refractivity contribution in [3.63, 3.8) is 0 Å². The summed E-state index contributed by atoms with van der Waals surface area (Å²) in [6, 6.07) is 4.66. The van der Waals surface area contributed by atoms with E-state index < -0.39 is 0 Å². The first-order valence-electron chi connectivity index (χ1n) is 8.95. The van der Waals surface area contributed by atoms with Crippen molar-refractivity contribution in [1.29, 1.82) is 0 Å². The lowest BCUT2D eigenvalue weighted by atomic mass is 10.0. The lowest BCUT2D eigenvalue weighted by molar-refractivity contribution is 0.492. The van der Waals surface area contributed by atoms with Gasteiger partial charge >= 0.3 is 0 Å². The zero-order valence-corrected chi connectivity index (χ0v) is 14.1. The highest BCUT2D eigenvalue weighted by molar-refractivity contribution is 5.13. The maximum atomic E-state index is 4.21. The summed E-state index contributed by atoms with van der Waals surface area (Å²) >= 11 is 0. The maximum absolute atomic E-state index is 4.21. The van der Waals surface area contributed by atoms with Gasteiger partial charge in [0.2, 0.25) is 0 Å². The minimum atomic E-state index is 0.466. The quantitative estimate of drug-likeness (QED) is 0.475.